The molecule has 1 fully saturated rings. The molecular formula is C15H21N3O3. The Morgan fingerprint density at radius 2 is 2.05 bits per heavy atom. The number of amides is 1. The molecule has 2 heterocycles. The van der Waals surface area contributed by atoms with E-state index >= 15 is 0 Å². The standard InChI is InChI=1S/C15H21N3O3/c1-21-15(20)12-5-6-13(17-9-12)10-16-11-14(19)18-7-3-2-4-8-18/h5-6,9,16H,2-4,7-8,10-11H2,1H3. The Kier molecular flexibility index (Phi) is 5.68. The number of likely N-dealkylation sites (tertiary alicyclic amines) is 1. The first-order chi connectivity index (χ1) is 10.2. The van der Waals surface area contributed by atoms with Crippen LogP contribution in [0.25, 0.3) is 0 Å². The minimum absolute atomic E-state index is 0.140. The zero-order valence-electron chi connectivity index (χ0n) is 12.3. The SMILES string of the molecule is COC(=O)c1ccc(CNCC(=O)N2CCCCC2)nc1. The van der Waals surface area contributed by atoms with Crippen molar-refractivity contribution in [2.24, 2.45) is 0 Å². The highest BCUT2D eigenvalue weighted by Gasteiger charge is 2.15. The van der Waals surface area contributed by atoms with Crippen molar-refractivity contribution in [3.05, 3.63) is 29.6 Å². The van der Waals surface area contributed by atoms with Gasteiger partial charge in [-0.2, -0.15) is 0 Å². The molecule has 0 spiro atoms. The molecule has 1 aromatic rings. The second-order valence-corrected chi connectivity index (χ2v) is 5.07. The summed E-state index contributed by atoms with van der Waals surface area (Å²) in [6.07, 6.45) is 4.90. The first-order valence-corrected chi connectivity index (χ1v) is 7.22. The van der Waals surface area contributed by atoms with Crippen LogP contribution in [0.15, 0.2) is 18.3 Å². The van der Waals surface area contributed by atoms with E-state index in [1.165, 1.54) is 19.7 Å². The number of hydrogen-bond donors (Lipinski definition) is 1. The summed E-state index contributed by atoms with van der Waals surface area (Å²) in [7, 11) is 1.34. The van der Waals surface area contributed by atoms with Crippen LogP contribution in [0, 0.1) is 0 Å². The fourth-order valence-electron chi connectivity index (χ4n) is 2.32. The Labute approximate surface area is 124 Å². The van der Waals surface area contributed by atoms with E-state index in [0.717, 1.165) is 31.6 Å². The highest BCUT2D eigenvalue weighted by molar-refractivity contribution is 5.88. The summed E-state index contributed by atoms with van der Waals surface area (Å²) >= 11 is 0. The second kappa shape index (κ2) is 7.73. The predicted octanol–water partition coefficient (Wildman–Crippen LogP) is 0.970. The normalized spacial score (nSPS) is 14.8. The lowest BCUT2D eigenvalue weighted by Gasteiger charge is -2.26. The number of ether oxygens (including phenoxy) is 1. The minimum Gasteiger partial charge on any atom is -0.465 e. The van der Waals surface area contributed by atoms with Crippen LogP contribution in [0.1, 0.15) is 35.3 Å². The van der Waals surface area contributed by atoms with Gasteiger partial charge in [0.2, 0.25) is 5.91 Å². The lowest BCUT2D eigenvalue weighted by molar-refractivity contribution is -0.131. The zero-order valence-corrected chi connectivity index (χ0v) is 12.3. The molecule has 0 unspecified atom stereocenters. The fourth-order valence-corrected chi connectivity index (χ4v) is 2.32. The van der Waals surface area contributed by atoms with Gasteiger partial charge in [0.25, 0.3) is 0 Å². The molecule has 1 aromatic heterocycles. The van der Waals surface area contributed by atoms with Gasteiger partial charge in [0.1, 0.15) is 0 Å². The van der Waals surface area contributed by atoms with Crippen LogP contribution < -0.4 is 5.32 Å². The van der Waals surface area contributed by atoms with E-state index in [9.17, 15) is 9.59 Å². The van der Waals surface area contributed by atoms with Gasteiger partial charge in [-0.3, -0.25) is 9.78 Å². The number of aromatic nitrogens is 1. The zero-order chi connectivity index (χ0) is 15.1. The maximum atomic E-state index is 12.0. The van der Waals surface area contributed by atoms with Gasteiger partial charge in [0, 0.05) is 25.8 Å². The number of hydrogen-bond acceptors (Lipinski definition) is 5. The molecule has 1 aliphatic heterocycles. The van der Waals surface area contributed by atoms with Crippen LogP contribution in [-0.2, 0) is 16.1 Å². The highest BCUT2D eigenvalue weighted by atomic mass is 16.5. The number of carbonyl (C=O) groups excluding carboxylic acids is 2. The highest BCUT2D eigenvalue weighted by Crippen LogP contribution is 2.08. The van der Waals surface area contributed by atoms with Gasteiger partial charge >= 0.3 is 5.97 Å². The average Bonchev–Trinajstić information content (AvgIpc) is 2.55. The third kappa shape index (κ3) is 4.53. The minimum atomic E-state index is -0.401. The summed E-state index contributed by atoms with van der Waals surface area (Å²) in [5.74, 6) is -0.261. The number of pyridine rings is 1. The van der Waals surface area contributed by atoms with E-state index in [1.807, 2.05) is 4.90 Å². The van der Waals surface area contributed by atoms with Gasteiger partial charge < -0.3 is 15.0 Å². The molecule has 1 saturated heterocycles. The second-order valence-electron chi connectivity index (χ2n) is 5.07. The summed E-state index contributed by atoms with van der Waals surface area (Å²) < 4.78 is 4.61. The van der Waals surface area contributed by atoms with Crippen LogP contribution in [0.2, 0.25) is 0 Å². The number of methoxy groups -OCH3 is 1. The number of esters is 1. The number of carbonyl (C=O) groups is 2. The van der Waals surface area contributed by atoms with Crippen molar-refractivity contribution in [1.29, 1.82) is 0 Å². The molecule has 0 radical (unpaired) electrons. The quantitative estimate of drug-likeness (QED) is 0.819. The van der Waals surface area contributed by atoms with E-state index < -0.39 is 5.97 Å². The molecule has 0 aromatic carbocycles. The van der Waals surface area contributed by atoms with Crippen LogP contribution in [-0.4, -0.2) is 48.5 Å². The van der Waals surface area contributed by atoms with Gasteiger partial charge in [0.05, 0.1) is 24.9 Å². The first kappa shape index (κ1) is 15.4. The molecule has 6 heteroatoms. The maximum Gasteiger partial charge on any atom is 0.339 e. The van der Waals surface area contributed by atoms with E-state index in [2.05, 4.69) is 15.0 Å². The van der Waals surface area contributed by atoms with Crippen LogP contribution in [0.5, 0.6) is 0 Å². The molecule has 1 N–H and O–H groups in total. The smallest absolute Gasteiger partial charge is 0.339 e. The van der Waals surface area contributed by atoms with E-state index in [-0.39, 0.29) is 5.91 Å². The molecule has 114 valence electrons. The van der Waals surface area contributed by atoms with E-state index in [0.29, 0.717) is 18.7 Å². The predicted molar refractivity (Wildman–Crippen MR) is 77.7 cm³/mol. The lowest BCUT2D eigenvalue weighted by atomic mass is 10.1. The summed E-state index contributed by atoms with van der Waals surface area (Å²) in [5, 5.41) is 3.09. The van der Waals surface area contributed by atoms with Crippen molar-refractivity contribution in [1.82, 2.24) is 15.2 Å². The Morgan fingerprint density at radius 1 is 1.29 bits per heavy atom. The van der Waals surface area contributed by atoms with Gasteiger partial charge in [-0.15, -0.1) is 0 Å². The molecule has 1 amide bonds. The third-order valence-corrected chi connectivity index (χ3v) is 3.54. The van der Waals surface area contributed by atoms with Crippen LogP contribution in [0.4, 0.5) is 0 Å². The van der Waals surface area contributed by atoms with Crippen molar-refractivity contribution in [3.63, 3.8) is 0 Å². The molecule has 0 aliphatic carbocycles. The summed E-state index contributed by atoms with van der Waals surface area (Å²) in [6.45, 7) is 2.56. The largest absolute Gasteiger partial charge is 0.465 e. The summed E-state index contributed by atoms with van der Waals surface area (Å²) in [6, 6.07) is 3.42. The molecule has 6 nitrogen and oxygen atoms in total. The molecular weight excluding hydrogens is 270 g/mol. The van der Waals surface area contributed by atoms with Crippen molar-refractivity contribution < 1.29 is 14.3 Å². The number of rotatable bonds is 5. The van der Waals surface area contributed by atoms with E-state index in [1.54, 1.807) is 12.1 Å². The van der Waals surface area contributed by atoms with Crippen molar-refractivity contribution in [2.75, 3.05) is 26.7 Å². The molecule has 21 heavy (non-hydrogen) atoms. The van der Waals surface area contributed by atoms with Crippen molar-refractivity contribution in [2.45, 2.75) is 25.8 Å². The Bertz CT molecular complexity index is 481. The van der Waals surface area contributed by atoms with Gasteiger partial charge in [-0.05, 0) is 31.4 Å². The molecule has 2 rings (SSSR count). The summed E-state index contributed by atoms with van der Waals surface area (Å²) in [5.41, 5.74) is 1.21. The molecule has 0 bridgehead atoms. The topological polar surface area (TPSA) is 71.5 Å². The Balaban J connectivity index is 1.75. The van der Waals surface area contributed by atoms with Gasteiger partial charge in [0.15, 0.2) is 0 Å². The lowest BCUT2D eigenvalue weighted by Crippen LogP contribution is -2.41. The molecule has 0 saturated carbocycles. The monoisotopic (exact) mass is 291 g/mol. The first-order valence-electron chi connectivity index (χ1n) is 7.22. The van der Waals surface area contributed by atoms with Crippen LogP contribution in [0.3, 0.4) is 0 Å². The fraction of sp³-hybridized carbons (Fsp3) is 0.533. The van der Waals surface area contributed by atoms with Crippen molar-refractivity contribution in [3.8, 4) is 0 Å². The van der Waals surface area contributed by atoms with Crippen molar-refractivity contribution >= 4 is 11.9 Å². The van der Waals surface area contributed by atoms with Gasteiger partial charge in [-0.25, -0.2) is 4.79 Å². The number of nitrogens with one attached hydrogen (secondary N) is 1. The average molecular weight is 291 g/mol. The molecule has 0 atom stereocenters. The third-order valence-electron chi connectivity index (χ3n) is 3.54. The Hall–Kier alpha value is -1.95. The van der Waals surface area contributed by atoms with Crippen LogP contribution >= 0.6 is 0 Å². The Morgan fingerprint density at radius 3 is 2.67 bits per heavy atom. The maximum absolute atomic E-state index is 12.0. The molecule has 1 aliphatic rings. The van der Waals surface area contributed by atoms with Gasteiger partial charge in [-0.1, -0.05) is 0 Å². The number of piperidine rings is 1. The van der Waals surface area contributed by atoms with E-state index in [4.69, 9.17) is 0 Å². The number of nitrogens with zero attached hydrogens (tertiary/aromatic N) is 2. The summed E-state index contributed by atoms with van der Waals surface area (Å²) in [4.78, 5) is 29.3.